The minimum absolute atomic E-state index is 0.0107. The molecule has 0 spiro atoms. The standard InChI is InChI=1S/C14H20O7S2/c1-19-13-6-4-5-11(7-13)14(10-21-23(3,17)18)8-12(14)9-20-22(2,15)16/h4-7,12H,8-10H2,1-3H3. The second-order valence-corrected chi connectivity index (χ2v) is 9.03. The van der Waals surface area contributed by atoms with Gasteiger partial charge in [0, 0.05) is 5.41 Å². The summed E-state index contributed by atoms with van der Waals surface area (Å²) in [6, 6.07) is 7.21. The van der Waals surface area contributed by atoms with Crippen LogP contribution < -0.4 is 4.74 Å². The SMILES string of the molecule is COc1cccc(C2(COS(C)(=O)=O)CC2COS(C)(=O)=O)c1. The maximum Gasteiger partial charge on any atom is 0.264 e. The topological polar surface area (TPSA) is 96.0 Å². The fraction of sp³-hybridized carbons (Fsp3) is 0.571. The van der Waals surface area contributed by atoms with E-state index in [4.69, 9.17) is 13.1 Å². The van der Waals surface area contributed by atoms with Gasteiger partial charge in [0.25, 0.3) is 20.2 Å². The number of benzene rings is 1. The van der Waals surface area contributed by atoms with Gasteiger partial charge in [0.15, 0.2) is 0 Å². The first-order chi connectivity index (χ1) is 10.6. The molecular formula is C14H20O7S2. The van der Waals surface area contributed by atoms with E-state index in [1.807, 2.05) is 6.07 Å². The summed E-state index contributed by atoms with van der Waals surface area (Å²) < 4.78 is 60.0. The van der Waals surface area contributed by atoms with Crippen molar-refractivity contribution in [3.05, 3.63) is 29.8 Å². The molecule has 9 heteroatoms. The molecule has 1 fully saturated rings. The first-order valence-corrected chi connectivity index (χ1v) is 10.5. The van der Waals surface area contributed by atoms with E-state index in [1.54, 1.807) is 18.2 Å². The highest BCUT2D eigenvalue weighted by molar-refractivity contribution is 7.86. The van der Waals surface area contributed by atoms with Gasteiger partial charge in [-0.25, -0.2) is 0 Å². The van der Waals surface area contributed by atoms with Crippen molar-refractivity contribution in [2.24, 2.45) is 5.92 Å². The van der Waals surface area contributed by atoms with Gasteiger partial charge >= 0.3 is 0 Å². The predicted molar refractivity (Wildman–Crippen MR) is 84.4 cm³/mol. The summed E-state index contributed by atoms with van der Waals surface area (Å²) in [5, 5.41) is 0. The maximum atomic E-state index is 11.3. The smallest absolute Gasteiger partial charge is 0.264 e. The van der Waals surface area contributed by atoms with Crippen LogP contribution in [0.15, 0.2) is 24.3 Å². The van der Waals surface area contributed by atoms with Crippen LogP contribution in [0.1, 0.15) is 12.0 Å². The molecule has 2 rings (SSSR count). The summed E-state index contributed by atoms with van der Waals surface area (Å²) in [5.41, 5.74) is 0.241. The van der Waals surface area contributed by atoms with E-state index < -0.39 is 25.7 Å². The second-order valence-electron chi connectivity index (χ2n) is 5.74. The molecule has 2 unspecified atom stereocenters. The molecule has 0 N–H and O–H groups in total. The van der Waals surface area contributed by atoms with Gasteiger partial charge in [-0.1, -0.05) is 12.1 Å². The highest BCUT2D eigenvalue weighted by atomic mass is 32.2. The average Bonchev–Trinajstić information content (AvgIpc) is 3.17. The fourth-order valence-corrected chi connectivity index (χ4v) is 3.40. The Kier molecular flexibility index (Phi) is 5.05. The zero-order valence-electron chi connectivity index (χ0n) is 13.2. The van der Waals surface area contributed by atoms with Gasteiger partial charge in [-0.2, -0.15) is 16.8 Å². The molecule has 0 heterocycles. The summed E-state index contributed by atoms with van der Waals surface area (Å²) in [4.78, 5) is 0. The van der Waals surface area contributed by atoms with Crippen LogP contribution in [0.5, 0.6) is 5.75 Å². The molecule has 0 saturated heterocycles. The highest BCUT2D eigenvalue weighted by Crippen LogP contribution is 2.55. The average molecular weight is 364 g/mol. The van der Waals surface area contributed by atoms with Crippen LogP contribution in [0.4, 0.5) is 0 Å². The zero-order chi connectivity index (χ0) is 17.3. The monoisotopic (exact) mass is 364 g/mol. The molecule has 1 aromatic rings. The number of hydrogen-bond acceptors (Lipinski definition) is 7. The second kappa shape index (κ2) is 6.39. The van der Waals surface area contributed by atoms with Gasteiger partial charge in [-0.05, 0) is 30.0 Å². The molecule has 2 atom stereocenters. The van der Waals surface area contributed by atoms with Crippen molar-refractivity contribution in [2.45, 2.75) is 11.8 Å². The highest BCUT2D eigenvalue weighted by Gasteiger charge is 2.56. The third-order valence-corrected chi connectivity index (χ3v) is 5.00. The lowest BCUT2D eigenvalue weighted by atomic mass is 9.94. The van der Waals surface area contributed by atoms with Crippen LogP contribution >= 0.6 is 0 Å². The summed E-state index contributed by atoms with van der Waals surface area (Å²) in [6.45, 7) is -0.0695. The molecule has 7 nitrogen and oxygen atoms in total. The molecular weight excluding hydrogens is 344 g/mol. The first-order valence-electron chi connectivity index (χ1n) is 6.89. The Morgan fingerprint density at radius 1 is 1.13 bits per heavy atom. The van der Waals surface area contributed by atoms with Crippen LogP contribution in [-0.2, 0) is 34.0 Å². The van der Waals surface area contributed by atoms with E-state index >= 15 is 0 Å². The van der Waals surface area contributed by atoms with Gasteiger partial charge in [-0.3, -0.25) is 8.37 Å². The summed E-state index contributed by atoms with van der Waals surface area (Å²) in [7, 11) is -5.61. The van der Waals surface area contributed by atoms with Gasteiger partial charge in [0.1, 0.15) is 5.75 Å². The summed E-state index contributed by atoms with van der Waals surface area (Å²) >= 11 is 0. The van der Waals surface area contributed by atoms with E-state index in [0.29, 0.717) is 12.2 Å². The Balaban J connectivity index is 2.23. The van der Waals surface area contributed by atoms with Gasteiger partial charge in [0.2, 0.25) is 0 Å². The third kappa shape index (κ3) is 4.90. The van der Waals surface area contributed by atoms with Gasteiger partial charge in [-0.15, -0.1) is 0 Å². The van der Waals surface area contributed by atoms with Crippen molar-refractivity contribution in [3.8, 4) is 5.75 Å². The molecule has 0 aliphatic heterocycles. The van der Waals surface area contributed by atoms with Crippen molar-refractivity contribution in [1.29, 1.82) is 0 Å². The van der Waals surface area contributed by atoms with E-state index in [2.05, 4.69) is 0 Å². The van der Waals surface area contributed by atoms with Gasteiger partial charge < -0.3 is 4.74 Å². The Hall–Kier alpha value is -1.16. The maximum absolute atomic E-state index is 11.3. The Labute approximate surface area is 136 Å². The fourth-order valence-electron chi connectivity index (χ4n) is 2.56. The van der Waals surface area contributed by atoms with Crippen molar-refractivity contribution in [1.82, 2.24) is 0 Å². The Morgan fingerprint density at radius 2 is 1.78 bits per heavy atom. The molecule has 0 amide bonds. The van der Waals surface area contributed by atoms with Crippen LogP contribution in [0.25, 0.3) is 0 Å². The van der Waals surface area contributed by atoms with E-state index in [0.717, 1.165) is 18.1 Å². The Morgan fingerprint density at radius 3 is 2.35 bits per heavy atom. The molecule has 0 radical (unpaired) electrons. The molecule has 130 valence electrons. The number of rotatable bonds is 8. The molecule has 1 aliphatic carbocycles. The molecule has 1 saturated carbocycles. The Bertz CT molecular complexity index is 770. The molecule has 23 heavy (non-hydrogen) atoms. The van der Waals surface area contributed by atoms with Crippen molar-refractivity contribution in [2.75, 3.05) is 32.8 Å². The normalized spacial score (nSPS) is 24.4. The van der Waals surface area contributed by atoms with Crippen molar-refractivity contribution < 1.29 is 29.9 Å². The number of methoxy groups -OCH3 is 1. The van der Waals surface area contributed by atoms with Crippen LogP contribution in [0, 0.1) is 5.92 Å². The molecule has 1 aromatic carbocycles. The largest absolute Gasteiger partial charge is 0.497 e. The van der Waals surface area contributed by atoms with Crippen LogP contribution in [0.3, 0.4) is 0 Å². The lowest BCUT2D eigenvalue weighted by molar-refractivity contribution is 0.244. The minimum atomic E-state index is -3.60. The molecule has 0 bridgehead atoms. The number of ether oxygens (including phenoxy) is 1. The lowest BCUT2D eigenvalue weighted by Crippen LogP contribution is -2.23. The van der Waals surface area contributed by atoms with E-state index in [9.17, 15) is 16.8 Å². The van der Waals surface area contributed by atoms with E-state index in [-0.39, 0.29) is 19.1 Å². The van der Waals surface area contributed by atoms with Crippen LogP contribution in [-0.4, -0.2) is 49.7 Å². The van der Waals surface area contributed by atoms with Crippen molar-refractivity contribution >= 4 is 20.2 Å². The predicted octanol–water partition coefficient (Wildman–Crippen LogP) is 0.905. The van der Waals surface area contributed by atoms with Crippen LogP contribution in [0.2, 0.25) is 0 Å². The minimum Gasteiger partial charge on any atom is -0.497 e. The quantitative estimate of drug-likeness (QED) is 0.633. The first kappa shape index (κ1) is 18.2. The van der Waals surface area contributed by atoms with E-state index in [1.165, 1.54) is 7.11 Å². The molecule has 0 aromatic heterocycles. The third-order valence-electron chi connectivity index (χ3n) is 3.89. The number of hydrogen-bond donors (Lipinski definition) is 0. The summed E-state index contributed by atoms with van der Waals surface area (Å²) in [5.74, 6) is 0.488. The summed E-state index contributed by atoms with van der Waals surface area (Å²) in [6.07, 6.45) is 2.54. The van der Waals surface area contributed by atoms with Crippen molar-refractivity contribution in [3.63, 3.8) is 0 Å². The zero-order valence-corrected chi connectivity index (χ0v) is 14.8. The molecule has 1 aliphatic rings. The lowest BCUT2D eigenvalue weighted by Gasteiger charge is -2.18. The van der Waals surface area contributed by atoms with Gasteiger partial charge in [0.05, 0.1) is 32.8 Å².